The van der Waals surface area contributed by atoms with Crippen LogP contribution < -0.4 is 5.73 Å². The Kier molecular flexibility index (Phi) is 2.21. The van der Waals surface area contributed by atoms with E-state index in [4.69, 9.17) is 5.73 Å². The minimum absolute atomic E-state index is 0.0714. The third-order valence-electron chi connectivity index (χ3n) is 2.13. The van der Waals surface area contributed by atoms with Gasteiger partial charge in [0.05, 0.1) is 12.6 Å². The standard InChI is InChI=1S/C10H10N4O/c1-2-7(15)5-9-13-6-8-10(11)12-3-4-14(8)9/h2-4,6H,1,5H2,(H2,11,12). The molecule has 0 aliphatic rings. The molecule has 0 saturated heterocycles. The minimum atomic E-state index is -0.0714. The maximum Gasteiger partial charge on any atom is 0.162 e. The van der Waals surface area contributed by atoms with Gasteiger partial charge in [-0.2, -0.15) is 0 Å². The first-order valence-electron chi connectivity index (χ1n) is 4.44. The summed E-state index contributed by atoms with van der Waals surface area (Å²) in [6.45, 7) is 3.42. The van der Waals surface area contributed by atoms with E-state index >= 15 is 0 Å². The number of carbonyl (C=O) groups is 1. The molecule has 5 heteroatoms. The maximum absolute atomic E-state index is 11.2. The molecular weight excluding hydrogens is 192 g/mol. The van der Waals surface area contributed by atoms with Gasteiger partial charge in [0.1, 0.15) is 17.2 Å². The first kappa shape index (κ1) is 9.39. The minimum Gasteiger partial charge on any atom is -0.382 e. The number of hydrogen-bond acceptors (Lipinski definition) is 4. The molecule has 0 atom stereocenters. The molecule has 76 valence electrons. The number of anilines is 1. The topological polar surface area (TPSA) is 73.3 Å². The quantitative estimate of drug-likeness (QED) is 0.740. The molecule has 15 heavy (non-hydrogen) atoms. The lowest BCUT2D eigenvalue weighted by Gasteiger charge is -1.99. The third-order valence-corrected chi connectivity index (χ3v) is 2.13. The summed E-state index contributed by atoms with van der Waals surface area (Å²) in [6.07, 6.45) is 6.41. The predicted molar refractivity (Wildman–Crippen MR) is 56.3 cm³/mol. The van der Waals surface area contributed by atoms with Crippen molar-refractivity contribution in [2.45, 2.75) is 6.42 Å². The SMILES string of the molecule is C=CC(=O)Cc1ncc2c(N)nccn12. The van der Waals surface area contributed by atoms with Gasteiger partial charge in [-0.1, -0.05) is 6.58 Å². The van der Waals surface area contributed by atoms with Crippen molar-refractivity contribution >= 4 is 17.1 Å². The summed E-state index contributed by atoms with van der Waals surface area (Å²) >= 11 is 0. The van der Waals surface area contributed by atoms with Gasteiger partial charge in [-0.05, 0) is 6.08 Å². The van der Waals surface area contributed by atoms with Crippen LogP contribution in [-0.2, 0) is 11.2 Å². The number of ketones is 1. The highest BCUT2D eigenvalue weighted by atomic mass is 16.1. The van der Waals surface area contributed by atoms with Gasteiger partial charge in [0.2, 0.25) is 0 Å². The number of hydrogen-bond donors (Lipinski definition) is 1. The Morgan fingerprint density at radius 2 is 2.40 bits per heavy atom. The van der Waals surface area contributed by atoms with Crippen LogP contribution in [0.1, 0.15) is 5.82 Å². The van der Waals surface area contributed by atoms with E-state index in [1.165, 1.54) is 6.08 Å². The summed E-state index contributed by atoms with van der Waals surface area (Å²) < 4.78 is 1.75. The van der Waals surface area contributed by atoms with E-state index in [1.54, 1.807) is 23.0 Å². The van der Waals surface area contributed by atoms with Crippen LogP contribution in [0.25, 0.3) is 5.52 Å². The first-order chi connectivity index (χ1) is 7.22. The fourth-order valence-corrected chi connectivity index (χ4v) is 1.36. The molecule has 0 spiro atoms. The summed E-state index contributed by atoms with van der Waals surface area (Å²) in [5, 5.41) is 0. The number of fused-ring (bicyclic) bond motifs is 1. The lowest BCUT2D eigenvalue weighted by Crippen LogP contribution is -2.04. The van der Waals surface area contributed by atoms with Crippen molar-refractivity contribution < 1.29 is 4.79 Å². The van der Waals surface area contributed by atoms with Crippen molar-refractivity contribution in [2.75, 3.05) is 5.73 Å². The van der Waals surface area contributed by atoms with Crippen molar-refractivity contribution in [1.29, 1.82) is 0 Å². The zero-order valence-electron chi connectivity index (χ0n) is 8.05. The Balaban J connectivity index is 2.49. The molecule has 0 bridgehead atoms. The molecule has 2 N–H and O–H groups in total. The van der Waals surface area contributed by atoms with E-state index in [9.17, 15) is 4.79 Å². The van der Waals surface area contributed by atoms with Crippen LogP contribution in [0.2, 0.25) is 0 Å². The Hall–Kier alpha value is -2.17. The van der Waals surface area contributed by atoms with Gasteiger partial charge in [0.15, 0.2) is 5.78 Å². The Morgan fingerprint density at radius 3 is 3.13 bits per heavy atom. The van der Waals surface area contributed by atoms with Gasteiger partial charge < -0.3 is 5.73 Å². The fraction of sp³-hybridized carbons (Fsp3) is 0.100. The molecule has 0 aromatic carbocycles. The number of nitrogen functional groups attached to an aromatic ring is 1. The van der Waals surface area contributed by atoms with Crippen LogP contribution in [0.3, 0.4) is 0 Å². The summed E-state index contributed by atoms with van der Waals surface area (Å²) in [7, 11) is 0. The highest BCUT2D eigenvalue weighted by Gasteiger charge is 2.08. The van der Waals surface area contributed by atoms with Crippen LogP contribution in [-0.4, -0.2) is 20.2 Å². The van der Waals surface area contributed by atoms with Crippen LogP contribution in [0.15, 0.2) is 31.2 Å². The van der Waals surface area contributed by atoms with E-state index in [1.807, 2.05) is 0 Å². The fourth-order valence-electron chi connectivity index (χ4n) is 1.36. The average Bonchev–Trinajstić information content (AvgIpc) is 2.63. The molecule has 0 amide bonds. The number of aromatic nitrogens is 3. The van der Waals surface area contributed by atoms with Crippen molar-refractivity contribution in [3.8, 4) is 0 Å². The van der Waals surface area contributed by atoms with Crippen LogP contribution in [0, 0.1) is 0 Å². The average molecular weight is 202 g/mol. The monoisotopic (exact) mass is 202 g/mol. The molecule has 5 nitrogen and oxygen atoms in total. The highest BCUT2D eigenvalue weighted by molar-refractivity contribution is 5.90. The first-order valence-corrected chi connectivity index (χ1v) is 4.44. The van der Waals surface area contributed by atoms with E-state index in [2.05, 4.69) is 16.5 Å². The second-order valence-electron chi connectivity index (χ2n) is 3.09. The largest absolute Gasteiger partial charge is 0.382 e. The van der Waals surface area contributed by atoms with E-state index in [-0.39, 0.29) is 12.2 Å². The predicted octanol–water partition coefficient (Wildman–Crippen LogP) is 0.609. The van der Waals surface area contributed by atoms with Crippen LogP contribution >= 0.6 is 0 Å². The van der Waals surface area contributed by atoms with Crippen molar-refractivity contribution in [3.63, 3.8) is 0 Å². The molecule has 0 saturated carbocycles. The van der Waals surface area contributed by atoms with Gasteiger partial charge in [-0.3, -0.25) is 9.20 Å². The second-order valence-corrected chi connectivity index (χ2v) is 3.09. The maximum atomic E-state index is 11.2. The van der Waals surface area contributed by atoms with Gasteiger partial charge >= 0.3 is 0 Å². The molecule has 2 aromatic heterocycles. The van der Waals surface area contributed by atoms with E-state index in [0.29, 0.717) is 17.2 Å². The Bertz CT molecular complexity index is 529. The van der Waals surface area contributed by atoms with Crippen LogP contribution in [0.5, 0.6) is 0 Å². The molecule has 0 aliphatic heterocycles. The van der Waals surface area contributed by atoms with Gasteiger partial charge in [-0.15, -0.1) is 0 Å². The molecule has 2 heterocycles. The molecule has 0 fully saturated rings. The lowest BCUT2D eigenvalue weighted by atomic mass is 10.3. The zero-order chi connectivity index (χ0) is 10.8. The zero-order valence-corrected chi connectivity index (χ0v) is 8.05. The van der Waals surface area contributed by atoms with Gasteiger partial charge in [0.25, 0.3) is 0 Å². The number of nitrogens with two attached hydrogens (primary N) is 1. The number of carbonyl (C=O) groups excluding carboxylic acids is 1. The van der Waals surface area contributed by atoms with Gasteiger partial charge in [-0.25, -0.2) is 9.97 Å². The van der Waals surface area contributed by atoms with Gasteiger partial charge in [0, 0.05) is 12.4 Å². The molecule has 0 aliphatic carbocycles. The summed E-state index contributed by atoms with van der Waals surface area (Å²) in [4.78, 5) is 19.2. The molecule has 0 radical (unpaired) electrons. The van der Waals surface area contributed by atoms with Crippen molar-refractivity contribution in [1.82, 2.24) is 14.4 Å². The van der Waals surface area contributed by atoms with E-state index < -0.39 is 0 Å². The summed E-state index contributed by atoms with van der Waals surface area (Å²) in [6, 6.07) is 0. The number of allylic oxidation sites excluding steroid dienone is 1. The highest BCUT2D eigenvalue weighted by Crippen LogP contribution is 2.12. The molecular formula is C10H10N4O. The van der Waals surface area contributed by atoms with Crippen LogP contribution in [0.4, 0.5) is 5.82 Å². The van der Waals surface area contributed by atoms with Crippen molar-refractivity contribution in [3.05, 3.63) is 37.1 Å². The van der Waals surface area contributed by atoms with Crippen molar-refractivity contribution in [2.24, 2.45) is 0 Å². The lowest BCUT2D eigenvalue weighted by molar-refractivity contribution is -0.114. The smallest absolute Gasteiger partial charge is 0.162 e. The normalized spacial score (nSPS) is 10.4. The number of nitrogens with zero attached hydrogens (tertiary/aromatic N) is 3. The Labute approximate surface area is 86.3 Å². The number of imidazole rings is 1. The number of rotatable bonds is 3. The molecule has 2 aromatic rings. The summed E-state index contributed by atoms with van der Waals surface area (Å²) in [5.74, 6) is 0.976. The molecule has 0 unspecified atom stereocenters. The Morgan fingerprint density at radius 1 is 1.60 bits per heavy atom. The summed E-state index contributed by atoms with van der Waals surface area (Å²) in [5.41, 5.74) is 6.37. The van der Waals surface area contributed by atoms with E-state index in [0.717, 1.165) is 0 Å². The second kappa shape index (κ2) is 3.53. The third kappa shape index (κ3) is 1.59. The molecule has 2 rings (SSSR count).